The van der Waals surface area contributed by atoms with E-state index in [1.54, 1.807) is 6.92 Å². The fourth-order valence-corrected chi connectivity index (χ4v) is 3.82. The topological polar surface area (TPSA) is 84.5 Å². The van der Waals surface area contributed by atoms with Crippen molar-refractivity contribution in [3.05, 3.63) is 53.6 Å². The second kappa shape index (κ2) is 8.43. The van der Waals surface area contributed by atoms with Gasteiger partial charge in [0.1, 0.15) is 5.75 Å². The molecule has 0 fully saturated rings. The zero-order chi connectivity index (χ0) is 20.2. The summed E-state index contributed by atoms with van der Waals surface area (Å²) in [5.74, 6) is 0.350. The van der Waals surface area contributed by atoms with Crippen molar-refractivity contribution in [3.63, 3.8) is 0 Å². The van der Waals surface area contributed by atoms with Crippen molar-refractivity contribution < 1.29 is 17.9 Å². The molecule has 0 bridgehead atoms. The Balaban J connectivity index is 2.25. The number of anilines is 1. The fraction of sp³-hybridized carbons (Fsp3) is 0.350. The predicted octanol–water partition coefficient (Wildman–Crippen LogP) is 3.43. The van der Waals surface area contributed by atoms with Crippen LogP contribution in [0.3, 0.4) is 0 Å². The summed E-state index contributed by atoms with van der Waals surface area (Å²) in [6.45, 7) is 7.54. The third-order valence-corrected chi connectivity index (χ3v) is 5.59. The van der Waals surface area contributed by atoms with Gasteiger partial charge >= 0.3 is 0 Å². The molecule has 2 N–H and O–H groups in total. The molecule has 2 aromatic rings. The summed E-state index contributed by atoms with van der Waals surface area (Å²) in [6, 6.07) is 11.7. The minimum atomic E-state index is -3.74. The lowest BCUT2D eigenvalue weighted by Crippen LogP contribution is -2.33. The second-order valence-electron chi connectivity index (χ2n) is 6.65. The van der Waals surface area contributed by atoms with E-state index in [-0.39, 0.29) is 16.7 Å². The first-order valence-electron chi connectivity index (χ1n) is 8.76. The van der Waals surface area contributed by atoms with Crippen LogP contribution in [0.1, 0.15) is 37.8 Å². The molecule has 0 aliphatic carbocycles. The summed E-state index contributed by atoms with van der Waals surface area (Å²) in [6.07, 6.45) is -0.670. The van der Waals surface area contributed by atoms with E-state index in [9.17, 15) is 13.2 Å². The largest absolute Gasteiger partial charge is 0.481 e. The van der Waals surface area contributed by atoms with E-state index < -0.39 is 16.1 Å². The highest BCUT2D eigenvalue weighted by Gasteiger charge is 2.19. The Hall–Kier alpha value is -2.54. The summed E-state index contributed by atoms with van der Waals surface area (Å²) < 4.78 is 33.8. The van der Waals surface area contributed by atoms with Crippen molar-refractivity contribution in [2.75, 3.05) is 11.8 Å². The smallest absolute Gasteiger partial charge is 0.261 e. The lowest BCUT2D eigenvalue weighted by atomic mass is 9.99. The SMILES string of the molecule is CNC(=O)[C@H](C)Oc1ccc(S(=O)(=O)Nc2c(C)cccc2C(C)C)cc1. The zero-order valence-electron chi connectivity index (χ0n) is 16.2. The van der Waals surface area contributed by atoms with Crippen LogP contribution in [0.2, 0.25) is 0 Å². The maximum Gasteiger partial charge on any atom is 0.261 e. The van der Waals surface area contributed by atoms with Gasteiger partial charge in [0.2, 0.25) is 0 Å². The van der Waals surface area contributed by atoms with Gasteiger partial charge in [0.15, 0.2) is 6.10 Å². The molecular weight excluding hydrogens is 364 g/mol. The van der Waals surface area contributed by atoms with Crippen molar-refractivity contribution in [1.82, 2.24) is 5.32 Å². The predicted molar refractivity (Wildman–Crippen MR) is 107 cm³/mol. The average Bonchev–Trinajstić information content (AvgIpc) is 2.62. The lowest BCUT2D eigenvalue weighted by molar-refractivity contribution is -0.126. The number of benzene rings is 2. The van der Waals surface area contributed by atoms with Gasteiger partial charge in [0.25, 0.3) is 15.9 Å². The minimum absolute atomic E-state index is 0.125. The van der Waals surface area contributed by atoms with E-state index >= 15 is 0 Å². The Morgan fingerprint density at radius 2 is 1.67 bits per heavy atom. The van der Waals surface area contributed by atoms with E-state index in [1.165, 1.54) is 31.3 Å². The van der Waals surface area contributed by atoms with E-state index in [0.29, 0.717) is 11.4 Å². The summed E-state index contributed by atoms with van der Waals surface area (Å²) in [7, 11) is -2.21. The number of nitrogens with one attached hydrogen (secondary N) is 2. The Bertz CT molecular complexity index is 906. The molecule has 27 heavy (non-hydrogen) atoms. The first-order chi connectivity index (χ1) is 12.7. The molecule has 146 valence electrons. The molecule has 1 amide bonds. The van der Waals surface area contributed by atoms with Crippen LogP contribution >= 0.6 is 0 Å². The standard InChI is InChI=1S/C20H26N2O4S/c1-13(2)18-8-6-7-14(3)19(18)22-27(24,25)17-11-9-16(10-12-17)26-15(4)20(23)21-5/h6-13,15,22H,1-5H3,(H,21,23)/t15-/m0/s1. The molecule has 6 nitrogen and oxygen atoms in total. The third kappa shape index (κ3) is 5.01. The van der Waals surface area contributed by atoms with Gasteiger partial charge in [-0.15, -0.1) is 0 Å². The molecule has 1 atom stereocenters. The van der Waals surface area contributed by atoms with E-state index in [1.807, 2.05) is 39.0 Å². The number of para-hydroxylation sites is 1. The van der Waals surface area contributed by atoms with Crippen molar-refractivity contribution in [2.24, 2.45) is 0 Å². The first kappa shape index (κ1) is 20.8. The Morgan fingerprint density at radius 1 is 1.04 bits per heavy atom. The van der Waals surface area contributed by atoms with Crippen molar-refractivity contribution >= 4 is 21.6 Å². The number of carbonyl (C=O) groups excluding carboxylic acids is 1. The first-order valence-corrected chi connectivity index (χ1v) is 10.2. The van der Waals surface area contributed by atoms with Crippen LogP contribution in [0.15, 0.2) is 47.4 Å². The maximum absolute atomic E-state index is 12.8. The number of hydrogen-bond donors (Lipinski definition) is 2. The van der Waals surface area contributed by atoms with Crippen LogP contribution in [0.5, 0.6) is 5.75 Å². The summed E-state index contributed by atoms with van der Waals surface area (Å²) >= 11 is 0. The number of ether oxygens (including phenoxy) is 1. The molecule has 0 saturated heterocycles. The summed E-state index contributed by atoms with van der Waals surface area (Å²) in [5, 5.41) is 2.50. The minimum Gasteiger partial charge on any atom is -0.481 e. The third-order valence-electron chi connectivity index (χ3n) is 4.23. The monoisotopic (exact) mass is 390 g/mol. The van der Waals surface area contributed by atoms with Crippen molar-refractivity contribution in [2.45, 2.75) is 44.6 Å². The van der Waals surface area contributed by atoms with Gasteiger partial charge in [0.05, 0.1) is 10.6 Å². The average molecular weight is 391 g/mol. The molecule has 0 heterocycles. The Kier molecular flexibility index (Phi) is 6.49. The number of sulfonamides is 1. The number of amides is 1. The summed E-state index contributed by atoms with van der Waals surface area (Å²) in [4.78, 5) is 11.6. The summed E-state index contributed by atoms with van der Waals surface area (Å²) in [5.41, 5.74) is 2.42. The lowest BCUT2D eigenvalue weighted by Gasteiger charge is -2.18. The van der Waals surface area contributed by atoms with Crippen LogP contribution < -0.4 is 14.8 Å². The highest BCUT2D eigenvalue weighted by atomic mass is 32.2. The van der Waals surface area contributed by atoms with Gasteiger partial charge in [-0.2, -0.15) is 0 Å². The van der Waals surface area contributed by atoms with Gasteiger partial charge in [-0.05, 0) is 55.2 Å². The zero-order valence-corrected chi connectivity index (χ0v) is 17.1. The van der Waals surface area contributed by atoms with Gasteiger partial charge in [-0.25, -0.2) is 8.42 Å². The number of aryl methyl sites for hydroxylation is 1. The van der Waals surface area contributed by atoms with Gasteiger partial charge in [-0.3, -0.25) is 9.52 Å². The molecule has 2 aromatic carbocycles. The van der Waals surface area contributed by atoms with Gasteiger partial charge in [-0.1, -0.05) is 32.0 Å². The number of hydrogen-bond acceptors (Lipinski definition) is 4. The molecule has 0 aliphatic heterocycles. The van der Waals surface area contributed by atoms with Crippen LogP contribution in [0.4, 0.5) is 5.69 Å². The van der Waals surface area contributed by atoms with E-state index in [0.717, 1.165) is 11.1 Å². The molecule has 0 aromatic heterocycles. The molecular formula is C20H26N2O4S. The fourth-order valence-electron chi connectivity index (χ4n) is 2.66. The molecule has 2 rings (SSSR count). The number of likely N-dealkylation sites (N-methyl/N-ethyl adjacent to an activating group) is 1. The van der Waals surface area contributed by atoms with Crippen LogP contribution in [0.25, 0.3) is 0 Å². The van der Waals surface area contributed by atoms with E-state index in [2.05, 4.69) is 10.0 Å². The number of rotatable bonds is 7. The molecule has 0 unspecified atom stereocenters. The van der Waals surface area contributed by atoms with Crippen molar-refractivity contribution in [1.29, 1.82) is 0 Å². The second-order valence-corrected chi connectivity index (χ2v) is 8.33. The molecule has 0 aliphatic rings. The maximum atomic E-state index is 12.8. The van der Waals surface area contributed by atoms with E-state index in [4.69, 9.17) is 4.74 Å². The van der Waals surface area contributed by atoms with Crippen molar-refractivity contribution in [3.8, 4) is 5.75 Å². The Morgan fingerprint density at radius 3 is 2.22 bits per heavy atom. The van der Waals surface area contributed by atoms with Gasteiger partial charge < -0.3 is 10.1 Å². The Labute approximate surface area is 161 Å². The highest BCUT2D eigenvalue weighted by Crippen LogP contribution is 2.30. The number of carbonyl (C=O) groups is 1. The molecule has 7 heteroatoms. The highest BCUT2D eigenvalue weighted by molar-refractivity contribution is 7.92. The normalized spacial score (nSPS) is 12.5. The molecule has 0 saturated carbocycles. The van der Waals surface area contributed by atoms with Crippen LogP contribution in [-0.2, 0) is 14.8 Å². The quantitative estimate of drug-likeness (QED) is 0.758. The van der Waals surface area contributed by atoms with Crippen LogP contribution in [0, 0.1) is 6.92 Å². The molecule has 0 spiro atoms. The molecule has 0 radical (unpaired) electrons. The van der Waals surface area contributed by atoms with Crippen LogP contribution in [-0.4, -0.2) is 27.5 Å². The van der Waals surface area contributed by atoms with Gasteiger partial charge in [0, 0.05) is 7.05 Å².